The fraction of sp³-hybridized carbons (Fsp3) is 0.909. The molecule has 0 saturated heterocycles. The lowest BCUT2D eigenvalue weighted by atomic mass is 9.94. The molecule has 0 aromatic carbocycles. The third-order valence-corrected chi connectivity index (χ3v) is 3.30. The van der Waals surface area contributed by atoms with Gasteiger partial charge in [-0.1, -0.05) is 6.92 Å². The number of esters is 1. The molecule has 1 aliphatic rings. The van der Waals surface area contributed by atoms with Crippen molar-refractivity contribution in [2.24, 2.45) is 11.3 Å². The minimum atomic E-state index is -0.0488. The van der Waals surface area contributed by atoms with Crippen LogP contribution in [-0.4, -0.2) is 24.3 Å². The molecule has 1 N–H and O–H groups in total. The Kier molecular flexibility index (Phi) is 3.93. The monoisotopic (exact) mass is 200 g/mol. The number of hydrogen-bond donors (Lipinski definition) is 1. The fourth-order valence-corrected chi connectivity index (χ4v) is 2.20. The number of rotatable bonds is 6. The summed E-state index contributed by atoms with van der Waals surface area (Å²) in [6, 6.07) is 0. The third-order valence-electron chi connectivity index (χ3n) is 3.30. The number of ether oxygens (including phenoxy) is 1. The van der Waals surface area contributed by atoms with Crippen molar-refractivity contribution < 1.29 is 14.6 Å². The number of aliphatic hydroxyl groups excluding tert-OH is 1. The first-order valence-electron chi connectivity index (χ1n) is 5.47. The highest BCUT2D eigenvalue weighted by Gasteiger charge is 2.56. The lowest BCUT2D eigenvalue weighted by Crippen LogP contribution is -2.14. The van der Waals surface area contributed by atoms with E-state index in [1.165, 1.54) is 0 Å². The van der Waals surface area contributed by atoms with Gasteiger partial charge in [-0.3, -0.25) is 4.79 Å². The van der Waals surface area contributed by atoms with E-state index in [2.05, 4.69) is 6.92 Å². The summed E-state index contributed by atoms with van der Waals surface area (Å²) in [4.78, 5) is 11.5. The Labute approximate surface area is 85.5 Å². The molecule has 3 nitrogen and oxygen atoms in total. The van der Waals surface area contributed by atoms with Crippen molar-refractivity contribution in [1.82, 2.24) is 0 Å². The normalized spacial score (nSPS) is 30.1. The van der Waals surface area contributed by atoms with Crippen LogP contribution in [0.4, 0.5) is 0 Å². The summed E-state index contributed by atoms with van der Waals surface area (Å²) in [6.45, 7) is 4.63. The maximum Gasteiger partial charge on any atom is 0.309 e. The molecule has 0 spiro atoms. The lowest BCUT2D eigenvalue weighted by Gasteiger charge is -2.13. The summed E-state index contributed by atoms with van der Waals surface area (Å²) in [6.07, 6.45) is 3.70. The van der Waals surface area contributed by atoms with Crippen molar-refractivity contribution in [3.05, 3.63) is 0 Å². The summed E-state index contributed by atoms with van der Waals surface area (Å²) in [5, 5.41) is 8.76. The second kappa shape index (κ2) is 4.78. The van der Waals surface area contributed by atoms with Crippen LogP contribution in [0, 0.1) is 11.3 Å². The van der Waals surface area contributed by atoms with Crippen molar-refractivity contribution >= 4 is 5.97 Å². The molecule has 0 radical (unpaired) electrons. The molecule has 1 fully saturated rings. The van der Waals surface area contributed by atoms with Gasteiger partial charge in [-0.25, -0.2) is 0 Å². The van der Waals surface area contributed by atoms with Crippen LogP contribution in [-0.2, 0) is 9.53 Å². The first kappa shape index (κ1) is 11.5. The van der Waals surface area contributed by atoms with Gasteiger partial charge in [0.2, 0.25) is 0 Å². The standard InChI is InChI=1S/C11H20O3/c1-3-11(6-5-7-12)8-9(11)10(13)14-4-2/h9,12H,3-8H2,1-2H3. The van der Waals surface area contributed by atoms with E-state index in [0.29, 0.717) is 6.61 Å². The van der Waals surface area contributed by atoms with Gasteiger partial charge in [0, 0.05) is 6.61 Å². The van der Waals surface area contributed by atoms with Crippen LogP contribution < -0.4 is 0 Å². The maximum absolute atomic E-state index is 11.5. The SMILES string of the molecule is CCOC(=O)C1CC1(CC)CCCO. The second-order valence-corrected chi connectivity index (χ2v) is 4.05. The predicted molar refractivity (Wildman–Crippen MR) is 53.8 cm³/mol. The van der Waals surface area contributed by atoms with Crippen molar-refractivity contribution in [2.75, 3.05) is 13.2 Å². The Bertz CT molecular complexity index is 203. The number of carbonyl (C=O) groups is 1. The van der Waals surface area contributed by atoms with Crippen LogP contribution in [0.15, 0.2) is 0 Å². The van der Waals surface area contributed by atoms with Crippen molar-refractivity contribution in [1.29, 1.82) is 0 Å². The summed E-state index contributed by atoms with van der Waals surface area (Å²) < 4.78 is 5.00. The average Bonchev–Trinajstić information content (AvgIpc) is 2.91. The van der Waals surface area contributed by atoms with Gasteiger partial charge in [0.25, 0.3) is 0 Å². The van der Waals surface area contributed by atoms with E-state index in [4.69, 9.17) is 9.84 Å². The molecule has 1 aliphatic carbocycles. The van der Waals surface area contributed by atoms with E-state index in [1.807, 2.05) is 6.92 Å². The van der Waals surface area contributed by atoms with Crippen LogP contribution in [0.2, 0.25) is 0 Å². The molecule has 0 amide bonds. The van der Waals surface area contributed by atoms with Gasteiger partial charge in [0.15, 0.2) is 0 Å². The maximum atomic E-state index is 11.5. The van der Waals surface area contributed by atoms with Crippen LogP contribution in [0.1, 0.15) is 39.5 Å². The van der Waals surface area contributed by atoms with Gasteiger partial charge >= 0.3 is 5.97 Å². The zero-order valence-electron chi connectivity index (χ0n) is 9.08. The van der Waals surface area contributed by atoms with E-state index in [-0.39, 0.29) is 23.9 Å². The summed E-state index contributed by atoms with van der Waals surface area (Å²) in [5.74, 6) is 0.0475. The third kappa shape index (κ3) is 2.27. The highest BCUT2D eigenvalue weighted by atomic mass is 16.5. The lowest BCUT2D eigenvalue weighted by molar-refractivity contribution is -0.145. The topological polar surface area (TPSA) is 46.5 Å². The Morgan fingerprint density at radius 3 is 2.79 bits per heavy atom. The molecule has 1 rings (SSSR count). The largest absolute Gasteiger partial charge is 0.466 e. The Hall–Kier alpha value is -0.570. The van der Waals surface area contributed by atoms with Gasteiger partial charge in [-0.2, -0.15) is 0 Å². The first-order chi connectivity index (χ1) is 6.70. The molecule has 82 valence electrons. The Morgan fingerprint density at radius 2 is 2.29 bits per heavy atom. The molecule has 0 bridgehead atoms. The van der Waals surface area contributed by atoms with E-state index in [9.17, 15) is 4.79 Å². The summed E-state index contributed by atoms with van der Waals surface area (Å²) in [7, 11) is 0. The first-order valence-corrected chi connectivity index (χ1v) is 5.47. The number of aliphatic hydroxyl groups is 1. The van der Waals surface area contributed by atoms with E-state index >= 15 is 0 Å². The molecule has 1 saturated carbocycles. The molecule has 0 aromatic heterocycles. The average molecular weight is 200 g/mol. The molecule has 0 aliphatic heterocycles. The molecule has 2 atom stereocenters. The van der Waals surface area contributed by atoms with Gasteiger partial charge in [0.1, 0.15) is 0 Å². The van der Waals surface area contributed by atoms with Crippen LogP contribution >= 0.6 is 0 Å². The zero-order valence-corrected chi connectivity index (χ0v) is 9.08. The van der Waals surface area contributed by atoms with Gasteiger partial charge in [0.05, 0.1) is 12.5 Å². The van der Waals surface area contributed by atoms with E-state index in [0.717, 1.165) is 25.7 Å². The zero-order chi connectivity index (χ0) is 10.6. The molecule has 14 heavy (non-hydrogen) atoms. The van der Waals surface area contributed by atoms with E-state index in [1.54, 1.807) is 0 Å². The van der Waals surface area contributed by atoms with Crippen LogP contribution in [0.5, 0.6) is 0 Å². The highest BCUT2D eigenvalue weighted by molar-refractivity contribution is 5.76. The summed E-state index contributed by atoms with van der Waals surface area (Å²) in [5.41, 5.74) is 0.148. The van der Waals surface area contributed by atoms with Crippen molar-refractivity contribution in [3.63, 3.8) is 0 Å². The fourth-order valence-electron chi connectivity index (χ4n) is 2.20. The Morgan fingerprint density at radius 1 is 1.57 bits per heavy atom. The van der Waals surface area contributed by atoms with Crippen molar-refractivity contribution in [2.45, 2.75) is 39.5 Å². The molecule has 2 unspecified atom stereocenters. The number of hydrogen-bond acceptors (Lipinski definition) is 3. The van der Waals surface area contributed by atoms with Gasteiger partial charge in [-0.05, 0) is 38.0 Å². The predicted octanol–water partition coefficient (Wildman–Crippen LogP) is 1.74. The molecular formula is C11H20O3. The van der Waals surface area contributed by atoms with Crippen LogP contribution in [0.25, 0.3) is 0 Å². The molecular weight excluding hydrogens is 180 g/mol. The van der Waals surface area contributed by atoms with Gasteiger partial charge < -0.3 is 9.84 Å². The minimum Gasteiger partial charge on any atom is -0.466 e. The molecule has 3 heteroatoms. The molecule has 0 heterocycles. The van der Waals surface area contributed by atoms with E-state index < -0.39 is 0 Å². The smallest absolute Gasteiger partial charge is 0.309 e. The Balaban J connectivity index is 2.40. The molecule has 0 aromatic rings. The number of carbonyl (C=O) groups excluding carboxylic acids is 1. The highest BCUT2D eigenvalue weighted by Crippen LogP contribution is 2.58. The minimum absolute atomic E-state index is 0.0488. The van der Waals surface area contributed by atoms with Gasteiger partial charge in [-0.15, -0.1) is 0 Å². The van der Waals surface area contributed by atoms with Crippen LogP contribution in [0.3, 0.4) is 0 Å². The quantitative estimate of drug-likeness (QED) is 0.664. The second-order valence-electron chi connectivity index (χ2n) is 4.05. The summed E-state index contributed by atoms with van der Waals surface area (Å²) >= 11 is 0. The van der Waals surface area contributed by atoms with Crippen molar-refractivity contribution in [3.8, 4) is 0 Å².